The Hall–Kier alpha value is -2.93. The number of carbonyl (C=O) groups is 1. The Bertz CT molecular complexity index is 1260. The predicted octanol–water partition coefficient (Wildman–Crippen LogP) is 4.23. The van der Waals surface area contributed by atoms with E-state index >= 15 is 0 Å². The van der Waals surface area contributed by atoms with E-state index < -0.39 is 0 Å². The van der Waals surface area contributed by atoms with Gasteiger partial charge in [-0.15, -0.1) is 11.3 Å². The molecule has 7 heteroatoms. The summed E-state index contributed by atoms with van der Waals surface area (Å²) in [6.45, 7) is 4.23. The standard InChI is InChI=1S/C24H26N4O2S/c1-2-13-27-19-8-4-5-9-20(19)28(24(27)30)16-22(29)26-14-11-17(12-15-26)23-25-18-7-3-6-10-21(18)31-23/h3-10,17H,2,11-16H2,1H3. The second-order valence-corrected chi connectivity index (χ2v) is 9.25. The van der Waals surface area contributed by atoms with E-state index in [2.05, 4.69) is 19.1 Å². The lowest BCUT2D eigenvalue weighted by Crippen LogP contribution is -2.41. The topological polar surface area (TPSA) is 60.1 Å². The summed E-state index contributed by atoms with van der Waals surface area (Å²) >= 11 is 1.76. The van der Waals surface area contributed by atoms with Crippen LogP contribution >= 0.6 is 11.3 Å². The number of piperidine rings is 1. The van der Waals surface area contributed by atoms with Crippen LogP contribution in [0.4, 0.5) is 0 Å². The van der Waals surface area contributed by atoms with Crippen LogP contribution in [0.3, 0.4) is 0 Å². The zero-order chi connectivity index (χ0) is 21.4. The molecule has 0 radical (unpaired) electrons. The van der Waals surface area contributed by atoms with Crippen molar-refractivity contribution in [3.63, 3.8) is 0 Å². The van der Waals surface area contributed by atoms with Crippen molar-refractivity contribution in [2.75, 3.05) is 13.1 Å². The number of aryl methyl sites for hydroxylation is 1. The second-order valence-electron chi connectivity index (χ2n) is 8.18. The predicted molar refractivity (Wildman–Crippen MR) is 125 cm³/mol. The van der Waals surface area contributed by atoms with Crippen LogP contribution in [0, 0.1) is 0 Å². The maximum atomic E-state index is 13.1. The van der Waals surface area contributed by atoms with Crippen molar-refractivity contribution in [3.8, 4) is 0 Å². The highest BCUT2D eigenvalue weighted by atomic mass is 32.1. The van der Waals surface area contributed by atoms with E-state index in [0.29, 0.717) is 25.6 Å². The van der Waals surface area contributed by atoms with Gasteiger partial charge in [-0.2, -0.15) is 0 Å². The third kappa shape index (κ3) is 3.67. The molecular weight excluding hydrogens is 408 g/mol. The molecule has 1 aliphatic rings. The Labute approximate surface area is 184 Å². The number of imidazole rings is 1. The van der Waals surface area contributed by atoms with Gasteiger partial charge in [0.2, 0.25) is 5.91 Å². The van der Waals surface area contributed by atoms with Gasteiger partial charge in [0.1, 0.15) is 6.54 Å². The van der Waals surface area contributed by atoms with Crippen molar-refractivity contribution in [3.05, 3.63) is 64.0 Å². The highest BCUT2D eigenvalue weighted by molar-refractivity contribution is 7.18. The molecule has 160 valence electrons. The van der Waals surface area contributed by atoms with Crippen molar-refractivity contribution in [2.45, 2.75) is 45.2 Å². The van der Waals surface area contributed by atoms with Crippen molar-refractivity contribution >= 4 is 38.5 Å². The molecule has 0 aliphatic carbocycles. The highest BCUT2D eigenvalue weighted by Gasteiger charge is 2.27. The van der Waals surface area contributed by atoms with Gasteiger partial charge in [0.05, 0.1) is 26.3 Å². The molecule has 2 aromatic heterocycles. The SMILES string of the molecule is CCCn1c(=O)n(CC(=O)N2CCC(c3nc4ccccc4s3)CC2)c2ccccc21. The molecule has 0 atom stereocenters. The minimum absolute atomic E-state index is 0.0178. The van der Waals surface area contributed by atoms with Gasteiger partial charge in [0.15, 0.2) is 0 Å². The van der Waals surface area contributed by atoms with E-state index in [1.165, 1.54) is 9.71 Å². The summed E-state index contributed by atoms with van der Waals surface area (Å²) in [5.74, 6) is 0.417. The maximum Gasteiger partial charge on any atom is 0.329 e. The Balaban J connectivity index is 1.30. The molecule has 6 nitrogen and oxygen atoms in total. The van der Waals surface area contributed by atoms with Gasteiger partial charge in [0.25, 0.3) is 0 Å². The maximum absolute atomic E-state index is 13.1. The number of para-hydroxylation sites is 3. The molecule has 4 aromatic rings. The van der Waals surface area contributed by atoms with E-state index in [-0.39, 0.29) is 18.1 Å². The van der Waals surface area contributed by atoms with E-state index in [4.69, 9.17) is 4.98 Å². The van der Waals surface area contributed by atoms with Gasteiger partial charge in [-0.3, -0.25) is 13.9 Å². The molecule has 1 aliphatic heterocycles. The largest absolute Gasteiger partial charge is 0.341 e. The van der Waals surface area contributed by atoms with Crippen LogP contribution in [-0.4, -0.2) is 38.0 Å². The first-order valence-electron chi connectivity index (χ1n) is 11.0. The molecule has 1 fully saturated rings. The lowest BCUT2D eigenvalue weighted by molar-refractivity contribution is -0.132. The minimum Gasteiger partial charge on any atom is -0.341 e. The Morgan fingerprint density at radius 1 is 1.03 bits per heavy atom. The molecule has 2 aromatic carbocycles. The van der Waals surface area contributed by atoms with Crippen molar-refractivity contribution in [1.29, 1.82) is 0 Å². The Morgan fingerprint density at radius 3 is 2.42 bits per heavy atom. The highest BCUT2D eigenvalue weighted by Crippen LogP contribution is 2.33. The quantitative estimate of drug-likeness (QED) is 0.472. The molecule has 0 spiro atoms. The molecule has 5 rings (SSSR count). The summed E-state index contributed by atoms with van der Waals surface area (Å²) in [6.07, 6.45) is 2.71. The number of fused-ring (bicyclic) bond motifs is 2. The summed E-state index contributed by atoms with van der Waals surface area (Å²) in [7, 11) is 0. The van der Waals surface area contributed by atoms with E-state index in [1.807, 2.05) is 41.3 Å². The fraction of sp³-hybridized carbons (Fsp3) is 0.375. The van der Waals surface area contributed by atoms with Crippen LogP contribution in [0.15, 0.2) is 53.3 Å². The molecule has 1 saturated heterocycles. The number of likely N-dealkylation sites (tertiary alicyclic amines) is 1. The molecule has 3 heterocycles. The number of amides is 1. The lowest BCUT2D eigenvalue weighted by Gasteiger charge is -2.31. The molecule has 0 saturated carbocycles. The van der Waals surface area contributed by atoms with Gasteiger partial charge in [-0.05, 0) is 43.5 Å². The van der Waals surface area contributed by atoms with Crippen LogP contribution < -0.4 is 5.69 Å². The van der Waals surface area contributed by atoms with Gasteiger partial charge >= 0.3 is 5.69 Å². The normalized spacial score (nSPS) is 15.2. The van der Waals surface area contributed by atoms with Gasteiger partial charge in [-0.1, -0.05) is 31.2 Å². The first-order chi connectivity index (χ1) is 15.2. The van der Waals surface area contributed by atoms with Crippen molar-refractivity contribution in [1.82, 2.24) is 19.0 Å². The fourth-order valence-electron chi connectivity index (χ4n) is 4.54. The van der Waals surface area contributed by atoms with Crippen LogP contribution in [0.5, 0.6) is 0 Å². The van der Waals surface area contributed by atoms with Crippen molar-refractivity contribution in [2.24, 2.45) is 0 Å². The minimum atomic E-state index is -0.0965. The number of rotatable bonds is 5. The third-order valence-electron chi connectivity index (χ3n) is 6.17. The average molecular weight is 435 g/mol. The van der Waals surface area contributed by atoms with Crippen LogP contribution in [-0.2, 0) is 17.9 Å². The van der Waals surface area contributed by atoms with Crippen LogP contribution in [0.1, 0.15) is 37.1 Å². The number of nitrogens with zero attached hydrogens (tertiary/aromatic N) is 4. The summed E-state index contributed by atoms with van der Waals surface area (Å²) in [4.78, 5) is 32.7. The van der Waals surface area contributed by atoms with E-state index in [0.717, 1.165) is 35.8 Å². The third-order valence-corrected chi connectivity index (χ3v) is 7.37. The molecule has 1 amide bonds. The summed E-state index contributed by atoms with van der Waals surface area (Å²) in [6, 6.07) is 16.0. The zero-order valence-electron chi connectivity index (χ0n) is 17.7. The molecule has 0 bridgehead atoms. The number of benzene rings is 2. The summed E-state index contributed by atoms with van der Waals surface area (Å²) in [5.41, 5.74) is 2.69. The average Bonchev–Trinajstić information content (AvgIpc) is 3.35. The molecule has 31 heavy (non-hydrogen) atoms. The van der Waals surface area contributed by atoms with Gasteiger partial charge in [0, 0.05) is 25.6 Å². The molecular formula is C24H26N4O2S. The fourth-order valence-corrected chi connectivity index (χ4v) is 5.68. The second kappa shape index (κ2) is 8.30. The van der Waals surface area contributed by atoms with E-state index in [9.17, 15) is 9.59 Å². The zero-order valence-corrected chi connectivity index (χ0v) is 18.5. The van der Waals surface area contributed by atoms with E-state index in [1.54, 1.807) is 20.5 Å². The number of hydrogen-bond acceptors (Lipinski definition) is 4. The first-order valence-corrected chi connectivity index (χ1v) is 11.8. The smallest absolute Gasteiger partial charge is 0.329 e. The van der Waals surface area contributed by atoms with Gasteiger partial charge in [-0.25, -0.2) is 9.78 Å². The van der Waals surface area contributed by atoms with Gasteiger partial charge < -0.3 is 4.90 Å². The number of hydrogen-bond donors (Lipinski definition) is 0. The first kappa shape index (κ1) is 20.0. The number of carbonyl (C=O) groups excluding carboxylic acids is 1. The van der Waals surface area contributed by atoms with Crippen LogP contribution in [0.25, 0.3) is 21.3 Å². The Morgan fingerprint density at radius 2 is 1.71 bits per heavy atom. The lowest BCUT2D eigenvalue weighted by atomic mass is 9.97. The van der Waals surface area contributed by atoms with Crippen molar-refractivity contribution < 1.29 is 4.79 Å². The summed E-state index contributed by atoms with van der Waals surface area (Å²) in [5, 5.41) is 1.17. The molecule has 0 N–H and O–H groups in total. The Kier molecular flexibility index (Phi) is 5.36. The number of thiazole rings is 1. The molecule has 0 unspecified atom stereocenters. The monoisotopic (exact) mass is 434 g/mol. The summed E-state index contributed by atoms with van der Waals surface area (Å²) < 4.78 is 4.63. The van der Waals surface area contributed by atoms with Crippen LogP contribution in [0.2, 0.25) is 0 Å². The number of aromatic nitrogens is 3.